The highest BCUT2D eigenvalue weighted by Crippen LogP contribution is 2.31. The number of halogens is 1. The van der Waals surface area contributed by atoms with E-state index in [2.05, 4.69) is 33.2 Å². The smallest absolute Gasteiger partial charge is 0.192 e. The van der Waals surface area contributed by atoms with Crippen LogP contribution in [0.5, 0.6) is 5.75 Å². The third-order valence-corrected chi connectivity index (χ3v) is 5.04. The molecule has 148 valence electrons. The summed E-state index contributed by atoms with van der Waals surface area (Å²) < 4.78 is 7.72. The Labute approximate surface area is 181 Å². The Balaban J connectivity index is 0.00000261. The van der Waals surface area contributed by atoms with Crippen molar-refractivity contribution in [2.45, 2.75) is 25.9 Å². The number of aliphatic imine (C=N–C) groups is 1. The molecule has 9 heteroatoms. The molecule has 0 saturated heterocycles. The standard InChI is InChI=1S/C18H26N6OS.HI/c1-13-22-23-17(24(13)2)12-20-18(19-9-11-26-3)21-15-8-10-25-16-7-5-4-6-14(15)16;/h4-7,15H,8-12H2,1-3H3,(H2,19,20,21);1H. The number of fused-ring (bicyclic) bond motifs is 1. The first-order valence-corrected chi connectivity index (χ1v) is 10.2. The van der Waals surface area contributed by atoms with Gasteiger partial charge in [0.25, 0.3) is 0 Å². The van der Waals surface area contributed by atoms with Crippen LogP contribution in [0.25, 0.3) is 0 Å². The highest BCUT2D eigenvalue weighted by molar-refractivity contribution is 14.0. The number of rotatable bonds is 6. The zero-order valence-electron chi connectivity index (χ0n) is 15.9. The van der Waals surface area contributed by atoms with Crippen LogP contribution in [-0.2, 0) is 13.6 Å². The van der Waals surface area contributed by atoms with Gasteiger partial charge in [-0.2, -0.15) is 11.8 Å². The summed E-state index contributed by atoms with van der Waals surface area (Å²) in [5, 5.41) is 15.3. The van der Waals surface area contributed by atoms with Crippen LogP contribution in [0.3, 0.4) is 0 Å². The molecular weight excluding hydrogens is 475 g/mol. The first-order chi connectivity index (χ1) is 12.7. The number of thioether (sulfide) groups is 1. The highest BCUT2D eigenvalue weighted by Gasteiger charge is 2.22. The fraction of sp³-hybridized carbons (Fsp3) is 0.500. The Hall–Kier alpha value is -1.49. The van der Waals surface area contributed by atoms with Crippen LogP contribution in [0.2, 0.25) is 0 Å². The second kappa shape index (κ2) is 10.7. The molecule has 0 spiro atoms. The van der Waals surface area contributed by atoms with Crippen LogP contribution < -0.4 is 15.4 Å². The van der Waals surface area contributed by atoms with E-state index in [0.717, 1.165) is 42.1 Å². The number of hydrogen-bond acceptors (Lipinski definition) is 5. The first kappa shape index (κ1) is 21.8. The van der Waals surface area contributed by atoms with Gasteiger partial charge in [0.1, 0.15) is 18.1 Å². The predicted molar refractivity (Wildman–Crippen MR) is 121 cm³/mol. The van der Waals surface area contributed by atoms with Crippen molar-refractivity contribution in [2.75, 3.05) is 25.2 Å². The summed E-state index contributed by atoms with van der Waals surface area (Å²) in [6.07, 6.45) is 3.01. The molecule has 0 saturated carbocycles. The maximum Gasteiger partial charge on any atom is 0.192 e. The zero-order chi connectivity index (χ0) is 18.4. The van der Waals surface area contributed by atoms with Gasteiger partial charge >= 0.3 is 0 Å². The van der Waals surface area contributed by atoms with Crippen LogP contribution in [0.15, 0.2) is 29.3 Å². The first-order valence-electron chi connectivity index (χ1n) is 8.79. The van der Waals surface area contributed by atoms with Gasteiger partial charge in [-0.25, -0.2) is 4.99 Å². The lowest BCUT2D eigenvalue weighted by molar-refractivity contribution is 0.261. The average Bonchev–Trinajstić information content (AvgIpc) is 2.98. The van der Waals surface area contributed by atoms with E-state index < -0.39 is 0 Å². The summed E-state index contributed by atoms with van der Waals surface area (Å²) in [5.74, 6) is 4.50. The highest BCUT2D eigenvalue weighted by atomic mass is 127. The molecule has 2 N–H and O–H groups in total. The van der Waals surface area contributed by atoms with E-state index in [1.54, 1.807) is 11.8 Å². The number of ether oxygens (including phenoxy) is 1. The molecular formula is C18H27IN6OS. The summed E-state index contributed by atoms with van der Waals surface area (Å²) in [7, 11) is 1.96. The van der Waals surface area contributed by atoms with Gasteiger partial charge in [0.15, 0.2) is 11.8 Å². The van der Waals surface area contributed by atoms with Crippen molar-refractivity contribution in [1.82, 2.24) is 25.4 Å². The number of para-hydroxylation sites is 1. The summed E-state index contributed by atoms with van der Waals surface area (Å²) in [6.45, 7) is 3.98. The van der Waals surface area contributed by atoms with Crippen molar-refractivity contribution in [2.24, 2.45) is 12.0 Å². The summed E-state index contributed by atoms with van der Waals surface area (Å²) in [6, 6.07) is 8.36. The van der Waals surface area contributed by atoms with E-state index in [1.807, 2.05) is 36.7 Å². The van der Waals surface area contributed by atoms with Crippen LogP contribution >= 0.6 is 35.7 Å². The minimum atomic E-state index is 0. The molecule has 0 aliphatic carbocycles. The Bertz CT molecular complexity index is 766. The fourth-order valence-corrected chi connectivity index (χ4v) is 3.13. The van der Waals surface area contributed by atoms with Crippen molar-refractivity contribution in [3.05, 3.63) is 41.5 Å². The number of benzene rings is 1. The quantitative estimate of drug-likeness (QED) is 0.274. The molecule has 1 aromatic heterocycles. The second-order valence-corrected chi connectivity index (χ2v) is 7.16. The molecule has 1 aliphatic heterocycles. The SMILES string of the molecule is CSCCNC(=NCc1nnc(C)n1C)NC1CCOc2ccccc21.I. The maximum absolute atomic E-state index is 5.76. The molecule has 0 fully saturated rings. The van der Waals surface area contributed by atoms with Gasteiger partial charge in [-0.1, -0.05) is 18.2 Å². The van der Waals surface area contributed by atoms with E-state index in [-0.39, 0.29) is 30.0 Å². The Morgan fingerprint density at radius 2 is 2.19 bits per heavy atom. The lowest BCUT2D eigenvalue weighted by Crippen LogP contribution is -2.42. The molecule has 3 rings (SSSR count). The van der Waals surface area contributed by atoms with Gasteiger partial charge in [-0.3, -0.25) is 0 Å². The minimum Gasteiger partial charge on any atom is -0.493 e. The molecule has 1 aromatic carbocycles. The topological polar surface area (TPSA) is 76.4 Å². The Morgan fingerprint density at radius 3 is 2.93 bits per heavy atom. The Morgan fingerprint density at radius 1 is 1.37 bits per heavy atom. The molecule has 27 heavy (non-hydrogen) atoms. The molecule has 7 nitrogen and oxygen atoms in total. The predicted octanol–water partition coefficient (Wildman–Crippen LogP) is 2.66. The minimum absolute atomic E-state index is 0. The molecule has 0 radical (unpaired) electrons. The molecule has 0 bridgehead atoms. The number of aromatic nitrogens is 3. The number of nitrogens with zero attached hydrogens (tertiary/aromatic N) is 4. The van der Waals surface area contributed by atoms with Crippen LogP contribution in [0.4, 0.5) is 0 Å². The summed E-state index contributed by atoms with van der Waals surface area (Å²) in [5.41, 5.74) is 1.17. The van der Waals surface area contributed by atoms with Gasteiger partial charge in [0.2, 0.25) is 0 Å². The van der Waals surface area contributed by atoms with E-state index in [1.165, 1.54) is 5.56 Å². The van der Waals surface area contributed by atoms with Crippen molar-refractivity contribution in [3.63, 3.8) is 0 Å². The Kier molecular flexibility index (Phi) is 8.68. The zero-order valence-corrected chi connectivity index (χ0v) is 19.1. The van der Waals surface area contributed by atoms with Gasteiger partial charge in [-0.05, 0) is 19.2 Å². The van der Waals surface area contributed by atoms with Gasteiger partial charge in [0.05, 0.1) is 12.6 Å². The van der Waals surface area contributed by atoms with Crippen molar-refractivity contribution in [3.8, 4) is 5.75 Å². The van der Waals surface area contributed by atoms with E-state index in [0.29, 0.717) is 13.2 Å². The summed E-state index contributed by atoms with van der Waals surface area (Å²) in [4.78, 5) is 4.73. The van der Waals surface area contributed by atoms with E-state index >= 15 is 0 Å². The van der Waals surface area contributed by atoms with Crippen molar-refractivity contribution in [1.29, 1.82) is 0 Å². The van der Waals surface area contributed by atoms with E-state index in [4.69, 9.17) is 9.73 Å². The van der Waals surface area contributed by atoms with Crippen molar-refractivity contribution < 1.29 is 4.74 Å². The largest absolute Gasteiger partial charge is 0.493 e. The monoisotopic (exact) mass is 502 g/mol. The van der Waals surface area contributed by atoms with Crippen molar-refractivity contribution >= 4 is 41.7 Å². The third kappa shape index (κ3) is 5.74. The molecule has 0 amide bonds. The molecule has 2 heterocycles. The van der Waals surface area contributed by atoms with Crippen LogP contribution in [0.1, 0.15) is 29.7 Å². The molecule has 2 aromatic rings. The number of hydrogen-bond donors (Lipinski definition) is 2. The molecule has 1 aliphatic rings. The number of guanidine groups is 1. The maximum atomic E-state index is 5.76. The number of nitrogens with one attached hydrogen (secondary N) is 2. The van der Waals surface area contributed by atoms with Gasteiger partial charge < -0.3 is 19.9 Å². The third-order valence-electron chi connectivity index (χ3n) is 4.43. The fourth-order valence-electron chi connectivity index (χ4n) is 2.82. The average molecular weight is 502 g/mol. The molecule has 1 unspecified atom stereocenters. The lowest BCUT2D eigenvalue weighted by atomic mass is 10.0. The van der Waals surface area contributed by atoms with Crippen LogP contribution in [0, 0.1) is 6.92 Å². The molecule has 1 atom stereocenters. The van der Waals surface area contributed by atoms with Gasteiger partial charge in [0, 0.05) is 31.3 Å². The normalized spacial score (nSPS) is 16.1. The lowest BCUT2D eigenvalue weighted by Gasteiger charge is -2.28. The van der Waals surface area contributed by atoms with E-state index in [9.17, 15) is 0 Å². The van der Waals surface area contributed by atoms with Gasteiger partial charge in [-0.15, -0.1) is 34.2 Å². The number of aryl methyl sites for hydroxylation is 1. The van der Waals surface area contributed by atoms with Crippen LogP contribution in [-0.4, -0.2) is 45.9 Å². The second-order valence-electron chi connectivity index (χ2n) is 6.18. The summed E-state index contributed by atoms with van der Waals surface area (Å²) >= 11 is 1.81.